The molecular weight excluding hydrogens is 390 g/mol. The van der Waals surface area contributed by atoms with Crippen molar-refractivity contribution in [3.8, 4) is 0 Å². The molecule has 0 atom stereocenters. The molecule has 6 nitrogen and oxygen atoms in total. The molecule has 7 heteroatoms. The smallest absolute Gasteiger partial charge is 0.342 e. The van der Waals surface area contributed by atoms with E-state index in [9.17, 15) is 9.59 Å². The average molecular weight is 412 g/mol. The zero-order valence-corrected chi connectivity index (χ0v) is 17.3. The van der Waals surface area contributed by atoms with E-state index in [4.69, 9.17) is 16.3 Å². The van der Waals surface area contributed by atoms with Gasteiger partial charge in [-0.25, -0.2) is 4.79 Å². The van der Waals surface area contributed by atoms with Crippen molar-refractivity contribution in [1.82, 2.24) is 9.78 Å². The molecule has 0 saturated heterocycles. The van der Waals surface area contributed by atoms with Gasteiger partial charge in [0.15, 0.2) is 6.61 Å². The van der Waals surface area contributed by atoms with Crippen LogP contribution in [0.1, 0.15) is 27.3 Å². The van der Waals surface area contributed by atoms with Crippen LogP contribution < -0.4 is 4.90 Å². The molecule has 3 rings (SSSR count). The first-order valence-corrected chi connectivity index (χ1v) is 9.52. The van der Waals surface area contributed by atoms with E-state index in [0.29, 0.717) is 28.5 Å². The van der Waals surface area contributed by atoms with Crippen LogP contribution in [0.5, 0.6) is 0 Å². The van der Waals surface area contributed by atoms with Gasteiger partial charge < -0.3 is 9.64 Å². The molecule has 1 aromatic heterocycles. The molecule has 150 valence electrons. The zero-order valence-electron chi connectivity index (χ0n) is 16.6. The van der Waals surface area contributed by atoms with Gasteiger partial charge in [-0.1, -0.05) is 48.0 Å². The number of ether oxygens (including phenoxy) is 1. The molecule has 2 aromatic carbocycles. The van der Waals surface area contributed by atoms with Crippen LogP contribution in [0, 0.1) is 13.8 Å². The predicted molar refractivity (Wildman–Crippen MR) is 112 cm³/mol. The van der Waals surface area contributed by atoms with E-state index in [2.05, 4.69) is 5.10 Å². The van der Waals surface area contributed by atoms with Crippen LogP contribution >= 0.6 is 11.6 Å². The van der Waals surface area contributed by atoms with Crippen molar-refractivity contribution >= 4 is 29.2 Å². The molecule has 0 spiro atoms. The third kappa shape index (κ3) is 4.66. The molecule has 0 saturated carbocycles. The predicted octanol–water partition coefficient (Wildman–Crippen LogP) is 4.02. The number of carbonyl (C=O) groups excluding carboxylic acids is 2. The van der Waals surface area contributed by atoms with Crippen LogP contribution in [-0.2, 0) is 16.1 Å². The summed E-state index contributed by atoms with van der Waals surface area (Å²) in [6.45, 7) is 3.63. The first-order chi connectivity index (χ1) is 13.9. The largest absolute Gasteiger partial charge is 0.452 e. The van der Waals surface area contributed by atoms with Crippen LogP contribution in [0.15, 0.2) is 54.6 Å². The van der Waals surface area contributed by atoms with Gasteiger partial charge in [0.05, 0.1) is 17.9 Å². The lowest BCUT2D eigenvalue weighted by molar-refractivity contribution is -0.121. The van der Waals surface area contributed by atoms with E-state index in [1.54, 1.807) is 25.6 Å². The molecule has 1 amide bonds. The standard InChI is InChI=1S/C22H22ClN3O3/c1-15-21(16(2)26(24-15)13-17-9-7-8-12-19(17)23)22(28)29-14-20(27)25(3)18-10-5-4-6-11-18/h4-12H,13-14H2,1-3H3. The minimum Gasteiger partial charge on any atom is -0.452 e. The van der Waals surface area contributed by atoms with E-state index in [-0.39, 0.29) is 12.5 Å². The maximum Gasteiger partial charge on any atom is 0.342 e. The second kappa shape index (κ2) is 8.92. The fraction of sp³-hybridized carbons (Fsp3) is 0.227. The number of anilines is 1. The SMILES string of the molecule is Cc1nn(Cc2ccccc2Cl)c(C)c1C(=O)OCC(=O)N(C)c1ccccc1. The third-order valence-electron chi connectivity index (χ3n) is 4.71. The highest BCUT2D eigenvalue weighted by Crippen LogP contribution is 2.20. The van der Waals surface area contributed by atoms with Gasteiger partial charge in [0, 0.05) is 17.8 Å². The van der Waals surface area contributed by atoms with E-state index in [1.165, 1.54) is 4.90 Å². The summed E-state index contributed by atoms with van der Waals surface area (Å²) in [6.07, 6.45) is 0. The molecule has 0 aliphatic heterocycles. The Morgan fingerprint density at radius 2 is 1.72 bits per heavy atom. The van der Waals surface area contributed by atoms with Crippen molar-refractivity contribution in [2.45, 2.75) is 20.4 Å². The lowest BCUT2D eigenvalue weighted by Gasteiger charge is -2.17. The average Bonchev–Trinajstić information content (AvgIpc) is 3.00. The summed E-state index contributed by atoms with van der Waals surface area (Å²) in [5.74, 6) is -0.886. The first-order valence-electron chi connectivity index (χ1n) is 9.14. The lowest BCUT2D eigenvalue weighted by Crippen LogP contribution is -2.31. The Hall–Kier alpha value is -3.12. The normalized spacial score (nSPS) is 10.6. The van der Waals surface area contributed by atoms with E-state index in [0.717, 1.165) is 11.3 Å². The Morgan fingerprint density at radius 3 is 2.41 bits per heavy atom. The number of aromatic nitrogens is 2. The third-order valence-corrected chi connectivity index (χ3v) is 5.08. The number of para-hydroxylation sites is 1. The molecule has 0 aliphatic carbocycles. The molecule has 0 N–H and O–H groups in total. The molecule has 0 radical (unpaired) electrons. The summed E-state index contributed by atoms with van der Waals surface area (Å²) in [6, 6.07) is 16.7. The molecule has 29 heavy (non-hydrogen) atoms. The molecule has 0 unspecified atom stereocenters. The van der Waals surface area contributed by atoms with Gasteiger partial charge in [-0.15, -0.1) is 0 Å². The maximum atomic E-state index is 12.6. The Bertz CT molecular complexity index is 1030. The second-order valence-electron chi connectivity index (χ2n) is 6.66. The molecule has 0 bridgehead atoms. The number of amides is 1. The van der Waals surface area contributed by atoms with Gasteiger partial charge in [-0.05, 0) is 37.6 Å². The Balaban J connectivity index is 1.69. The van der Waals surface area contributed by atoms with Crippen molar-refractivity contribution < 1.29 is 14.3 Å². The fourth-order valence-electron chi connectivity index (χ4n) is 3.03. The van der Waals surface area contributed by atoms with Crippen LogP contribution in [0.4, 0.5) is 5.69 Å². The minimum atomic E-state index is -0.569. The lowest BCUT2D eigenvalue weighted by atomic mass is 10.2. The number of nitrogens with zero attached hydrogens (tertiary/aromatic N) is 3. The van der Waals surface area contributed by atoms with Crippen LogP contribution in [0.3, 0.4) is 0 Å². The highest BCUT2D eigenvalue weighted by Gasteiger charge is 2.22. The molecule has 3 aromatic rings. The van der Waals surface area contributed by atoms with Crippen molar-refractivity contribution in [1.29, 1.82) is 0 Å². The van der Waals surface area contributed by atoms with Crippen LogP contribution in [0.25, 0.3) is 0 Å². The number of likely N-dealkylation sites (N-methyl/N-ethyl adjacent to an activating group) is 1. The number of halogens is 1. The van der Waals surface area contributed by atoms with E-state index in [1.807, 2.05) is 54.6 Å². The Labute approximate surface area is 174 Å². The highest BCUT2D eigenvalue weighted by molar-refractivity contribution is 6.31. The maximum absolute atomic E-state index is 12.6. The molecule has 0 fully saturated rings. The number of benzene rings is 2. The van der Waals surface area contributed by atoms with Gasteiger partial charge in [0.1, 0.15) is 5.56 Å². The number of rotatable bonds is 6. The molecule has 0 aliphatic rings. The first kappa shape index (κ1) is 20.6. The van der Waals surface area contributed by atoms with Gasteiger partial charge in [0.25, 0.3) is 5.91 Å². The minimum absolute atomic E-state index is 0.316. The van der Waals surface area contributed by atoms with Gasteiger partial charge in [0.2, 0.25) is 0 Å². The number of aryl methyl sites for hydroxylation is 1. The summed E-state index contributed by atoms with van der Waals surface area (Å²) >= 11 is 6.23. The quantitative estimate of drug-likeness (QED) is 0.574. The Kier molecular flexibility index (Phi) is 6.34. The summed E-state index contributed by atoms with van der Waals surface area (Å²) in [7, 11) is 1.64. The van der Waals surface area contributed by atoms with E-state index >= 15 is 0 Å². The molecular formula is C22H22ClN3O3. The van der Waals surface area contributed by atoms with Crippen LogP contribution in [0.2, 0.25) is 5.02 Å². The Morgan fingerprint density at radius 1 is 1.07 bits per heavy atom. The van der Waals surface area contributed by atoms with Crippen molar-refractivity contribution in [2.75, 3.05) is 18.6 Å². The molecule has 1 heterocycles. The van der Waals surface area contributed by atoms with Crippen molar-refractivity contribution in [3.63, 3.8) is 0 Å². The van der Waals surface area contributed by atoms with Crippen molar-refractivity contribution in [3.05, 3.63) is 82.1 Å². The number of hydrogen-bond donors (Lipinski definition) is 0. The van der Waals surface area contributed by atoms with E-state index < -0.39 is 5.97 Å². The van der Waals surface area contributed by atoms with Gasteiger partial charge >= 0.3 is 5.97 Å². The zero-order chi connectivity index (χ0) is 21.0. The summed E-state index contributed by atoms with van der Waals surface area (Å²) in [5.41, 5.74) is 3.21. The van der Waals surface area contributed by atoms with Crippen molar-refractivity contribution in [2.24, 2.45) is 0 Å². The number of carbonyl (C=O) groups is 2. The second-order valence-corrected chi connectivity index (χ2v) is 7.07. The number of esters is 1. The van der Waals surface area contributed by atoms with Crippen LogP contribution in [-0.4, -0.2) is 35.3 Å². The van der Waals surface area contributed by atoms with Gasteiger partial charge in [-0.3, -0.25) is 9.48 Å². The number of hydrogen-bond acceptors (Lipinski definition) is 4. The summed E-state index contributed by atoms with van der Waals surface area (Å²) in [4.78, 5) is 26.4. The topological polar surface area (TPSA) is 64.4 Å². The monoisotopic (exact) mass is 411 g/mol. The highest BCUT2D eigenvalue weighted by atomic mass is 35.5. The summed E-state index contributed by atoms with van der Waals surface area (Å²) in [5, 5.41) is 5.08. The fourth-order valence-corrected chi connectivity index (χ4v) is 3.22. The van der Waals surface area contributed by atoms with Gasteiger partial charge in [-0.2, -0.15) is 5.10 Å². The summed E-state index contributed by atoms with van der Waals surface area (Å²) < 4.78 is 6.99.